The molecule has 0 amide bonds. The van der Waals surface area contributed by atoms with Crippen molar-refractivity contribution >= 4 is 5.69 Å². The van der Waals surface area contributed by atoms with E-state index < -0.39 is 0 Å². The zero-order valence-corrected chi connectivity index (χ0v) is 21.9. The average molecular weight is 512 g/mol. The van der Waals surface area contributed by atoms with Gasteiger partial charge in [-0.05, 0) is 35.7 Å². The van der Waals surface area contributed by atoms with Crippen LogP contribution in [-0.2, 0) is 0 Å². The van der Waals surface area contributed by atoms with Gasteiger partial charge in [-0.15, -0.1) is 0 Å². The summed E-state index contributed by atoms with van der Waals surface area (Å²) < 4.78 is 0. The number of nitrogens with zero attached hydrogens (tertiary/aromatic N) is 2. The lowest BCUT2D eigenvalue weighted by Gasteiger charge is -2.46. The quantitative estimate of drug-likeness (QED) is 0.268. The molecule has 4 aromatic rings. The highest BCUT2D eigenvalue weighted by Gasteiger charge is 2.33. The number of rotatable bonds is 7. The number of pyridine rings is 1. The molecule has 198 valence electrons. The molecule has 1 aliphatic heterocycles. The second kappa shape index (κ2) is 13.5. The molecule has 0 spiro atoms. The summed E-state index contributed by atoms with van der Waals surface area (Å²) >= 11 is 0. The summed E-state index contributed by atoms with van der Waals surface area (Å²) in [5.74, 6) is -0.130. The minimum absolute atomic E-state index is 0.0532. The summed E-state index contributed by atoms with van der Waals surface area (Å²) in [6, 6.07) is 32.3. The van der Waals surface area contributed by atoms with Crippen molar-refractivity contribution in [2.75, 3.05) is 24.5 Å². The molecule has 0 bridgehead atoms. The molecule has 1 aliphatic rings. The average Bonchev–Trinajstić information content (AvgIpc) is 2.96. The van der Waals surface area contributed by atoms with Crippen molar-refractivity contribution < 1.29 is 10.2 Å². The Balaban J connectivity index is 0.000000417. The fourth-order valence-electron chi connectivity index (χ4n) is 5.07. The van der Waals surface area contributed by atoms with Crippen LogP contribution in [0.25, 0.3) is 0 Å². The van der Waals surface area contributed by atoms with E-state index in [1.165, 1.54) is 30.0 Å². The van der Waals surface area contributed by atoms with Crippen LogP contribution in [0.2, 0.25) is 0 Å². The fraction of sp³-hybridized carbons (Fsp3) is 0.281. The van der Waals surface area contributed by atoms with Gasteiger partial charge >= 0.3 is 0 Å². The van der Waals surface area contributed by atoms with E-state index in [4.69, 9.17) is 0 Å². The molecular formula is C32H37N3O3. The molecule has 6 nitrogen and oxygen atoms in total. The van der Waals surface area contributed by atoms with Crippen LogP contribution in [0, 0.1) is 0 Å². The second-order valence-electron chi connectivity index (χ2n) is 9.60. The summed E-state index contributed by atoms with van der Waals surface area (Å²) in [7, 11) is 0. The molecule has 3 N–H and O–H groups in total. The molecule has 6 heteroatoms. The third kappa shape index (κ3) is 7.05. The number of phenolic OH excluding ortho intramolecular Hbond substituents is 2. The number of benzene rings is 3. The molecule has 1 fully saturated rings. The molecule has 38 heavy (non-hydrogen) atoms. The summed E-state index contributed by atoms with van der Waals surface area (Å²) in [6.45, 7) is 4.96. The monoisotopic (exact) mass is 511 g/mol. The number of piperazine rings is 1. The van der Waals surface area contributed by atoms with Gasteiger partial charge in [0.05, 0.1) is 6.04 Å². The number of nitrogens with one attached hydrogen (secondary N) is 1. The number of H-pyrrole nitrogens is 1. The Kier molecular flexibility index (Phi) is 9.59. The molecule has 1 saturated heterocycles. The van der Waals surface area contributed by atoms with Gasteiger partial charge in [-0.3, -0.25) is 9.69 Å². The van der Waals surface area contributed by atoms with Crippen molar-refractivity contribution in [1.82, 2.24) is 9.88 Å². The number of aromatic hydroxyl groups is 2. The highest BCUT2D eigenvalue weighted by atomic mass is 16.3. The highest BCUT2D eigenvalue weighted by molar-refractivity contribution is 5.56. The van der Waals surface area contributed by atoms with Gasteiger partial charge in [-0.1, -0.05) is 86.5 Å². The zero-order chi connectivity index (χ0) is 26.7. The Bertz CT molecular complexity index is 1250. The predicted molar refractivity (Wildman–Crippen MR) is 154 cm³/mol. The number of unbranched alkanes of at least 4 members (excludes halogenated alkanes) is 1. The lowest BCUT2D eigenvalue weighted by atomic mass is 9.93. The van der Waals surface area contributed by atoms with Crippen molar-refractivity contribution in [3.63, 3.8) is 0 Å². The van der Waals surface area contributed by atoms with Crippen molar-refractivity contribution in [3.05, 3.63) is 125 Å². The number of aromatic nitrogens is 1. The highest BCUT2D eigenvalue weighted by Crippen LogP contribution is 2.36. The molecule has 1 aromatic heterocycles. The smallest absolute Gasteiger partial charge is 0.247 e. The summed E-state index contributed by atoms with van der Waals surface area (Å²) in [4.78, 5) is 17.7. The number of anilines is 1. The number of phenols is 2. The van der Waals surface area contributed by atoms with E-state index in [0.29, 0.717) is 6.04 Å². The van der Waals surface area contributed by atoms with E-state index in [2.05, 4.69) is 82.4 Å². The van der Waals surface area contributed by atoms with Crippen LogP contribution in [0.15, 0.2) is 108 Å². The SMILES string of the molecule is CCCCC1CN(c2ccc(O)c(O)c2)CCN1C(c1ccccc1)c1ccccc1.O=c1cccc[nH]1. The molecule has 0 aliphatic carbocycles. The van der Waals surface area contributed by atoms with Crippen LogP contribution in [0.1, 0.15) is 43.4 Å². The molecule has 0 saturated carbocycles. The molecular weight excluding hydrogens is 474 g/mol. The van der Waals surface area contributed by atoms with Crippen molar-refractivity contribution in [2.45, 2.75) is 38.3 Å². The Morgan fingerprint density at radius 3 is 2.03 bits per heavy atom. The molecule has 0 radical (unpaired) electrons. The predicted octanol–water partition coefficient (Wildman–Crippen LogP) is 5.94. The minimum Gasteiger partial charge on any atom is -0.504 e. The van der Waals surface area contributed by atoms with Crippen molar-refractivity contribution in [3.8, 4) is 11.5 Å². The zero-order valence-electron chi connectivity index (χ0n) is 21.9. The lowest BCUT2D eigenvalue weighted by molar-refractivity contribution is 0.129. The molecule has 1 atom stereocenters. The van der Waals surface area contributed by atoms with Crippen molar-refractivity contribution in [2.24, 2.45) is 0 Å². The van der Waals surface area contributed by atoms with Gasteiger partial charge in [0.25, 0.3) is 0 Å². The Morgan fingerprint density at radius 1 is 0.842 bits per heavy atom. The summed E-state index contributed by atoms with van der Waals surface area (Å²) in [5.41, 5.74) is 3.56. The van der Waals surface area contributed by atoms with Gasteiger partial charge < -0.3 is 20.1 Å². The number of hydrogen-bond donors (Lipinski definition) is 3. The first-order valence-electron chi connectivity index (χ1n) is 13.3. The summed E-state index contributed by atoms with van der Waals surface area (Å²) in [5, 5.41) is 19.7. The maximum Gasteiger partial charge on any atom is 0.247 e. The van der Waals surface area contributed by atoms with Crippen LogP contribution < -0.4 is 10.5 Å². The maximum atomic E-state index is 10.2. The van der Waals surface area contributed by atoms with Crippen LogP contribution >= 0.6 is 0 Å². The van der Waals surface area contributed by atoms with Gasteiger partial charge in [-0.25, -0.2) is 0 Å². The first kappa shape index (κ1) is 27.0. The van der Waals surface area contributed by atoms with Gasteiger partial charge in [0.2, 0.25) is 5.56 Å². The topological polar surface area (TPSA) is 79.8 Å². The molecule has 5 rings (SSSR count). The van der Waals surface area contributed by atoms with E-state index in [1.54, 1.807) is 30.5 Å². The third-order valence-corrected chi connectivity index (χ3v) is 6.99. The molecule has 2 heterocycles. The van der Waals surface area contributed by atoms with Gasteiger partial charge in [0.1, 0.15) is 0 Å². The first-order valence-corrected chi connectivity index (χ1v) is 13.3. The second-order valence-corrected chi connectivity index (χ2v) is 9.60. The van der Waals surface area contributed by atoms with Gasteiger partial charge in [0.15, 0.2) is 11.5 Å². The third-order valence-electron chi connectivity index (χ3n) is 6.99. The van der Waals surface area contributed by atoms with Crippen molar-refractivity contribution in [1.29, 1.82) is 0 Å². The largest absolute Gasteiger partial charge is 0.504 e. The van der Waals surface area contributed by atoms with Gasteiger partial charge in [0, 0.05) is 49.7 Å². The van der Waals surface area contributed by atoms with Crippen LogP contribution in [-0.4, -0.2) is 45.8 Å². The van der Waals surface area contributed by atoms with Crippen LogP contribution in [0.3, 0.4) is 0 Å². The fourth-order valence-corrected chi connectivity index (χ4v) is 5.07. The Morgan fingerprint density at radius 2 is 1.50 bits per heavy atom. The standard InChI is InChI=1S/C27H32N2O2.C5H5NO/c1-2-3-14-24-20-28(23-15-16-25(30)26(31)19-23)17-18-29(24)27(21-10-6-4-7-11-21)22-12-8-5-9-13-22;7-5-3-1-2-4-6-5/h4-13,15-16,19,24,27,30-31H,2-3,14,17-18,20H2,1H3;1-4H,(H,6,7). The van der Waals surface area contributed by atoms with Crippen LogP contribution in [0.5, 0.6) is 11.5 Å². The van der Waals surface area contributed by atoms with Crippen LogP contribution in [0.4, 0.5) is 5.69 Å². The molecule has 3 aromatic carbocycles. The first-order chi connectivity index (χ1) is 18.6. The summed E-state index contributed by atoms with van der Waals surface area (Å²) in [6.07, 6.45) is 5.09. The van der Waals surface area contributed by atoms with E-state index in [0.717, 1.165) is 31.7 Å². The maximum absolute atomic E-state index is 10.2. The van der Waals surface area contributed by atoms with E-state index >= 15 is 0 Å². The lowest BCUT2D eigenvalue weighted by Crippen LogP contribution is -2.54. The van der Waals surface area contributed by atoms with E-state index in [1.807, 2.05) is 6.07 Å². The minimum atomic E-state index is -0.0712. The van der Waals surface area contributed by atoms with E-state index in [-0.39, 0.29) is 23.1 Å². The number of aromatic amines is 1. The normalized spacial score (nSPS) is 15.6. The van der Waals surface area contributed by atoms with E-state index in [9.17, 15) is 15.0 Å². The Labute approximate surface area is 224 Å². The number of hydrogen-bond acceptors (Lipinski definition) is 5. The molecule has 1 unspecified atom stereocenters. The Hall–Kier alpha value is -4.03. The van der Waals surface area contributed by atoms with Gasteiger partial charge in [-0.2, -0.15) is 0 Å².